The van der Waals surface area contributed by atoms with Crippen molar-refractivity contribution in [2.75, 3.05) is 20.6 Å². The van der Waals surface area contributed by atoms with Gasteiger partial charge in [0, 0.05) is 12.6 Å². The van der Waals surface area contributed by atoms with E-state index in [0.717, 1.165) is 13.0 Å². The smallest absolute Gasteiger partial charge is 0.0341 e. The number of fused-ring (bicyclic) bond motifs is 1. The molecule has 0 amide bonds. The lowest BCUT2D eigenvalue weighted by Crippen LogP contribution is -2.28. The molecule has 0 fully saturated rings. The quantitative estimate of drug-likeness (QED) is 0.764. The van der Waals surface area contributed by atoms with Gasteiger partial charge in [-0.15, -0.1) is 0 Å². The average molecular weight is 190 g/mol. The van der Waals surface area contributed by atoms with Crippen LogP contribution in [0.1, 0.15) is 17.2 Å². The molecule has 0 unspecified atom stereocenters. The summed E-state index contributed by atoms with van der Waals surface area (Å²) in [5.41, 5.74) is 9.00. The van der Waals surface area contributed by atoms with Crippen LogP contribution in [0.4, 0.5) is 0 Å². The molecule has 14 heavy (non-hydrogen) atoms. The van der Waals surface area contributed by atoms with Crippen LogP contribution in [0.5, 0.6) is 0 Å². The van der Waals surface area contributed by atoms with E-state index in [1.807, 2.05) is 0 Å². The number of hydrogen-bond acceptors (Lipinski definition) is 2. The van der Waals surface area contributed by atoms with Crippen LogP contribution in [0.2, 0.25) is 0 Å². The van der Waals surface area contributed by atoms with E-state index in [4.69, 9.17) is 5.73 Å². The number of nitrogens with zero attached hydrogens (tertiary/aromatic N) is 1. The molecule has 0 saturated carbocycles. The fourth-order valence-electron chi connectivity index (χ4n) is 2.36. The molecule has 1 aromatic rings. The normalized spacial score (nSPS) is 25.4. The molecule has 0 saturated heterocycles. The fourth-order valence-corrected chi connectivity index (χ4v) is 2.36. The van der Waals surface area contributed by atoms with Gasteiger partial charge in [0.15, 0.2) is 0 Å². The Morgan fingerprint density at radius 2 is 2.07 bits per heavy atom. The Morgan fingerprint density at radius 3 is 2.71 bits per heavy atom. The van der Waals surface area contributed by atoms with Crippen LogP contribution in [0.15, 0.2) is 24.3 Å². The Morgan fingerprint density at radius 1 is 1.36 bits per heavy atom. The Bertz CT molecular complexity index is 320. The lowest BCUT2D eigenvalue weighted by atomic mass is 10.0. The van der Waals surface area contributed by atoms with Crippen LogP contribution in [-0.4, -0.2) is 25.5 Å². The van der Waals surface area contributed by atoms with Crippen molar-refractivity contribution < 1.29 is 0 Å². The summed E-state index contributed by atoms with van der Waals surface area (Å²) in [4.78, 5) is 2.22. The maximum absolute atomic E-state index is 6.21. The predicted octanol–water partition coefficient (Wildman–Crippen LogP) is 1.42. The van der Waals surface area contributed by atoms with Crippen molar-refractivity contribution >= 4 is 0 Å². The van der Waals surface area contributed by atoms with Gasteiger partial charge >= 0.3 is 0 Å². The van der Waals surface area contributed by atoms with E-state index in [1.54, 1.807) is 0 Å². The zero-order valence-corrected chi connectivity index (χ0v) is 8.90. The SMILES string of the molecule is CN(C)C[C@H]1Cc2ccccc2[C@H]1N. The zero-order valence-electron chi connectivity index (χ0n) is 8.90. The molecule has 0 aliphatic heterocycles. The van der Waals surface area contributed by atoms with Crippen LogP contribution in [0, 0.1) is 5.92 Å². The number of nitrogens with two attached hydrogens (primary N) is 1. The van der Waals surface area contributed by atoms with Gasteiger partial charge in [-0.1, -0.05) is 24.3 Å². The zero-order chi connectivity index (χ0) is 10.1. The summed E-state index contributed by atoms with van der Waals surface area (Å²) >= 11 is 0. The topological polar surface area (TPSA) is 29.3 Å². The van der Waals surface area contributed by atoms with Crippen LogP contribution >= 0.6 is 0 Å². The molecule has 0 radical (unpaired) electrons. The van der Waals surface area contributed by atoms with Crippen LogP contribution in [-0.2, 0) is 6.42 Å². The highest BCUT2D eigenvalue weighted by molar-refractivity contribution is 5.35. The largest absolute Gasteiger partial charge is 0.324 e. The van der Waals surface area contributed by atoms with E-state index in [0.29, 0.717) is 5.92 Å². The lowest BCUT2D eigenvalue weighted by Gasteiger charge is -2.20. The second-order valence-corrected chi connectivity index (χ2v) is 4.45. The minimum Gasteiger partial charge on any atom is -0.324 e. The van der Waals surface area contributed by atoms with Crippen LogP contribution in [0.3, 0.4) is 0 Å². The predicted molar refractivity (Wildman–Crippen MR) is 59.1 cm³/mol. The molecule has 1 aliphatic rings. The number of rotatable bonds is 2. The van der Waals surface area contributed by atoms with Gasteiger partial charge in [-0.2, -0.15) is 0 Å². The average Bonchev–Trinajstić information content (AvgIpc) is 2.44. The molecule has 0 heterocycles. The lowest BCUT2D eigenvalue weighted by molar-refractivity contribution is 0.304. The fraction of sp³-hybridized carbons (Fsp3) is 0.500. The molecule has 0 spiro atoms. The Kier molecular flexibility index (Phi) is 2.57. The van der Waals surface area contributed by atoms with E-state index in [9.17, 15) is 0 Å². The maximum atomic E-state index is 6.21. The van der Waals surface area contributed by atoms with Gasteiger partial charge in [-0.05, 0) is 37.6 Å². The molecule has 0 aromatic heterocycles. The minimum atomic E-state index is 0.230. The molecule has 2 atom stereocenters. The standard InChI is InChI=1S/C12H18N2/c1-14(2)8-10-7-9-5-3-4-6-11(9)12(10)13/h3-6,10,12H,7-8,13H2,1-2H3/t10-,12+/m1/s1. The molecule has 2 N–H and O–H groups in total. The second kappa shape index (κ2) is 3.71. The van der Waals surface area contributed by atoms with E-state index < -0.39 is 0 Å². The van der Waals surface area contributed by atoms with Crippen molar-refractivity contribution in [2.45, 2.75) is 12.5 Å². The summed E-state index contributed by atoms with van der Waals surface area (Å²) in [5.74, 6) is 0.586. The summed E-state index contributed by atoms with van der Waals surface area (Å²) in [6, 6.07) is 8.77. The van der Waals surface area contributed by atoms with Crippen molar-refractivity contribution in [3.63, 3.8) is 0 Å². The summed E-state index contributed by atoms with van der Waals surface area (Å²) < 4.78 is 0. The highest BCUT2D eigenvalue weighted by atomic mass is 15.1. The third kappa shape index (κ3) is 1.68. The third-order valence-electron chi connectivity index (χ3n) is 3.00. The molecule has 2 nitrogen and oxygen atoms in total. The number of hydrogen-bond donors (Lipinski definition) is 1. The van der Waals surface area contributed by atoms with Gasteiger partial charge in [0.2, 0.25) is 0 Å². The molecule has 2 rings (SSSR count). The van der Waals surface area contributed by atoms with Crippen molar-refractivity contribution in [3.8, 4) is 0 Å². The Balaban J connectivity index is 2.17. The molecular formula is C12H18N2. The first-order valence-corrected chi connectivity index (χ1v) is 5.16. The molecule has 1 aromatic carbocycles. The van der Waals surface area contributed by atoms with Crippen molar-refractivity contribution in [3.05, 3.63) is 35.4 Å². The molecular weight excluding hydrogens is 172 g/mol. The van der Waals surface area contributed by atoms with Gasteiger partial charge < -0.3 is 10.6 Å². The summed E-state index contributed by atoms with van der Waals surface area (Å²) in [5, 5.41) is 0. The Labute approximate surface area is 85.7 Å². The highest BCUT2D eigenvalue weighted by Gasteiger charge is 2.29. The van der Waals surface area contributed by atoms with Crippen LogP contribution in [0.25, 0.3) is 0 Å². The van der Waals surface area contributed by atoms with Crippen molar-refractivity contribution in [2.24, 2.45) is 11.7 Å². The third-order valence-corrected chi connectivity index (χ3v) is 3.00. The molecule has 76 valence electrons. The maximum Gasteiger partial charge on any atom is 0.0341 e. The summed E-state index contributed by atoms with van der Waals surface area (Å²) in [6.45, 7) is 1.08. The second-order valence-electron chi connectivity index (χ2n) is 4.45. The monoisotopic (exact) mass is 190 g/mol. The first-order valence-electron chi connectivity index (χ1n) is 5.16. The van der Waals surface area contributed by atoms with Gasteiger partial charge in [0.25, 0.3) is 0 Å². The molecule has 0 bridgehead atoms. The van der Waals surface area contributed by atoms with Gasteiger partial charge in [-0.25, -0.2) is 0 Å². The van der Waals surface area contributed by atoms with Gasteiger partial charge in [0.1, 0.15) is 0 Å². The van der Waals surface area contributed by atoms with E-state index in [1.165, 1.54) is 11.1 Å². The van der Waals surface area contributed by atoms with Crippen molar-refractivity contribution in [1.82, 2.24) is 4.90 Å². The van der Waals surface area contributed by atoms with Gasteiger partial charge in [-0.3, -0.25) is 0 Å². The highest BCUT2D eigenvalue weighted by Crippen LogP contribution is 2.34. The summed E-state index contributed by atoms with van der Waals surface area (Å²) in [6.07, 6.45) is 1.13. The van der Waals surface area contributed by atoms with Crippen molar-refractivity contribution in [1.29, 1.82) is 0 Å². The van der Waals surface area contributed by atoms with E-state index >= 15 is 0 Å². The summed E-state index contributed by atoms with van der Waals surface area (Å²) in [7, 11) is 4.21. The Hall–Kier alpha value is -0.860. The first kappa shape index (κ1) is 9.69. The number of benzene rings is 1. The molecule has 1 aliphatic carbocycles. The van der Waals surface area contributed by atoms with Gasteiger partial charge in [0.05, 0.1) is 0 Å². The molecule has 2 heteroatoms. The van der Waals surface area contributed by atoms with Crippen LogP contribution < -0.4 is 5.73 Å². The first-order chi connectivity index (χ1) is 6.68. The van der Waals surface area contributed by atoms with E-state index in [2.05, 4.69) is 43.3 Å². The minimum absolute atomic E-state index is 0.230. The van der Waals surface area contributed by atoms with E-state index in [-0.39, 0.29) is 6.04 Å².